The molecule has 0 fully saturated rings. The Morgan fingerprint density at radius 3 is 1.84 bits per heavy atom. The fourth-order valence-electron chi connectivity index (χ4n) is 4.26. The van der Waals surface area contributed by atoms with Crippen LogP contribution < -0.4 is 4.74 Å². The summed E-state index contributed by atoms with van der Waals surface area (Å²) in [6, 6.07) is 39.4. The molecular weight excluding hydrogens is 378 g/mol. The Balaban J connectivity index is 1.66. The van der Waals surface area contributed by atoms with Gasteiger partial charge in [-0.3, -0.25) is 0 Å². The van der Waals surface area contributed by atoms with Crippen LogP contribution in [0, 0.1) is 0 Å². The van der Waals surface area contributed by atoms with Crippen LogP contribution in [0.25, 0.3) is 33.5 Å². The number of aromatic nitrogens is 1. The van der Waals surface area contributed by atoms with Crippen molar-refractivity contribution in [2.45, 2.75) is 0 Å². The summed E-state index contributed by atoms with van der Waals surface area (Å²) in [5, 5.41) is 1.06. The average molecular weight is 397 g/mol. The van der Waals surface area contributed by atoms with E-state index in [0.29, 0.717) is 0 Å². The Morgan fingerprint density at radius 1 is 0.548 bits per heavy atom. The molecule has 5 aromatic rings. The highest BCUT2D eigenvalue weighted by Crippen LogP contribution is 2.45. The lowest BCUT2D eigenvalue weighted by molar-refractivity contribution is 0.519. The lowest BCUT2D eigenvalue weighted by atomic mass is 9.89. The molecule has 4 aromatic carbocycles. The molecule has 1 aromatic heterocycles. The van der Waals surface area contributed by atoms with Crippen LogP contribution in [0.2, 0.25) is 0 Å². The SMILES string of the molecule is c1ccc(C2=C(c3ccccc3)c3cccc4nc(-c5ccccc5)cc(c34)O2)cc1. The predicted octanol–water partition coefficient (Wildman–Crippen LogP) is 7.21. The zero-order chi connectivity index (χ0) is 20.6. The molecule has 0 radical (unpaired) electrons. The van der Waals surface area contributed by atoms with Crippen LogP contribution in [0.15, 0.2) is 115 Å². The molecule has 1 aliphatic heterocycles. The molecule has 6 rings (SSSR count). The Kier molecular flexibility index (Phi) is 4.14. The van der Waals surface area contributed by atoms with Gasteiger partial charge < -0.3 is 4.74 Å². The minimum Gasteiger partial charge on any atom is -0.455 e. The number of hydrogen-bond acceptors (Lipinski definition) is 2. The van der Waals surface area contributed by atoms with Gasteiger partial charge in [0.25, 0.3) is 0 Å². The summed E-state index contributed by atoms with van der Waals surface area (Å²) < 4.78 is 6.66. The van der Waals surface area contributed by atoms with Gasteiger partial charge in [-0.05, 0) is 17.2 Å². The highest BCUT2D eigenvalue weighted by atomic mass is 16.5. The maximum atomic E-state index is 6.66. The van der Waals surface area contributed by atoms with Gasteiger partial charge in [0.15, 0.2) is 0 Å². The second-order valence-corrected chi connectivity index (χ2v) is 7.61. The molecule has 0 N–H and O–H groups in total. The van der Waals surface area contributed by atoms with E-state index in [2.05, 4.69) is 72.8 Å². The molecule has 2 heteroatoms. The van der Waals surface area contributed by atoms with Crippen molar-refractivity contribution >= 4 is 22.2 Å². The van der Waals surface area contributed by atoms with E-state index in [9.17, 15) is 0 Å². The lowest BCUT2D eigenvalue weighted by Gasteiger charge is -2.25. The van der Waals surface area contributed by atoms with Gasteiger partial charge in [-0.1, -0.05) is 103 Å². The molecule has 1 aliphatic rings. The highest BCUT2D eigenvalue weighted by Gasteiger charge is 2.26. The summed E-state index contributed by atoms with van der Waals surface area (Å²) in [7, 11) is 0. The molecule has 0 unspecified atom stereocenters. The third kappa shape index (κ3) is 3.01. The summed E-state index contributed by atoms with van der Waals surface area (Å²) in [4.78, 5) is 4.97. The summed E-state index contributed by atoms with van der Waals surface area (Å²) >= 11 is 0. The first-order chi connectivity index (χ1) is 15.4. The molecule has 0 aliphatic carbocycles. The molecule has 0 saturated carbocycles. The van der Waals surface area contributed by atoms with Crippen molar-refractivity contribution in [1.29, 1.82) is 0 Å². The maximum absolute atomic E-state index is 6.66. The van der Waals surface area contributed by atoms with Crippen LogP contribution in [0.5, 0.6) is 5.75 Å². The number of pyridine rings is 1. The maximum Gasteiger partial charge on any atom is 0.143 e. The van der Waals surface area contributed by atoms with Crippen LogP contribution in [0.1, 0.15) is 16.7 Å². The van der Waals surface area contributed by atoms with Gasteiger partial charge in [0.05, 0.1) is 16.6 Å². The van der Waals surface area contributed by atoms with E-state index in [1.807, 2.05) is 42.5 Å². The average Bonchev–Trinajstić information content (AvgIpc) is 2.85. The summed E-state index contributed by atoms with van der Waals surface area (Å²) in [5.74, 6) is 1.72. The second-order valence-electron chi connectivity index (χ2n) is 7.61. The molecule has 0 bridgehead atoms. The van der Waals surface area contributed by atoms with Gasteiger partial charge in [-0.15, -0.1) is 0 Å². The first kappa shape index (κ1) is 17.7. The summed E-state index contributed by atoms with van der Waals surface area (Å²) in [5.41, 5.74) is 7.36. The van der Waals surface area contributed by atoms with Crippen molar-refractivity contribution < 1.29 is 4.74 Å². The van der Waals surface area contributed by atoms with Crippen molar-refractivity contribution in [1.82, 2.24) is 4.98 Å². The summed E-state index contributed by atoms with van der Waals surface area (Å²) in [6.45, 7) is 0. The number of rotatable bonds is 3. The minimum absolute atomic E-state index is 0.845. The molecular formula is C29H19NO. The standard InChI is InChI=1S/C29H19NO/c1-4-11-20(12-5-1)25-19-26-28-23(17-10-18-24(28)30-25)27(21-13-6-2-7-14-21)29(31-26)22-15-8-3-9-16-22/h1-19H. The predicted molar refractivity (Wildman–Crippen MR) is 127 cm³/mol. The Hall–Kier alpha value is -4.17. The largest absolute Gasteiger partial charge is 0.455 e. The molecule has 0 atom stereocenters. The Morgan fingerprint density at radius 2 is 1.16 bits per heavy atom. The van der Waals surface area contributed by atoms with Crippen LogP contribution >= 0.6 is 0 Å². The van der Waals surface area contributed by atoms with Crippen LogP contribution in [-0.4, -0.2) is 4.98 Å². The van der Waals surface area contributed by atoms with Gasteiger partial charge >= 0.3 is 0 Å². The molecule has 2 nitrogen and oxygen atoms in total. The topological polar surface area (TPSA) is 22.1 Å². The van der Waals surface area contributed by atoms with Crippen LogP contribution in [0.4, 0.5) is 0 Å². The van der Waals surface area contributed by atoms with Crippen LogP contribution in [-0.2, 0) is 0 Å². The first-order valence-electron chi connectivity index (χ1n) is 10.4. The normalized spacial score (nSPS) is 12.6. The van der Waals surface area contributed by atoms with Crippen molar-refractivity contribution in [2.24, 2.45) is 0 Å². The van der Waals surface area contributed by atoms with E-state index in [4.69, 9.17) is 9.72 Å². The highest BCUT2D eigenvalue weighted by molar-refractivity contribution is 6.09. The molecule has 146 valence electrons. The molecule has 0 saturated heterocycles. The molecule has 0 spiro atoms. The van der Waals surface area contributed by atoms with Crippen molar-refractivity contribution in [2.75, 3.05) is 0 Å². The third-order valence-corrected chi connectivity index (χ3v) is 5.67. The van der Waals surface area contributed by atoms with Gasteiger partial charge in [0, 0.05) is 22.8 Å². The lowest BCUT2D eigenvalue weighted by Crippen LogP contribution is -2.08. The van der Waals surface area contributed by atoms with E-state index >= 15 is 0 Å². The molecule has 2 heterocycles. The Labute approximate surface area is 181 Å². The van der Waals surface area contributed by atoms with E-state index in [0.717, 1.165) is 55.9 Å². The molecule has 31 heavy (non-hydrogen) atoms. The summed E-state index contributed by atoms with van der Waals surface area (Å²) in [6.07, 6.45) is 0. The first-order valence-corrected chi connectivity index (χ1v) is 10.4. The zero-order valence-electron chi connectivity index (χ0n) is 16.8. The number of benzene rings is 4. The van der Waals surface area contributed by atoms with Crippen LogP contribution in [0.3, 0.4) is 0 Å². The van der Waals surface area contributed by atoms with Gasteiger partial charge in [0.1, 0.15) is 11.5 Å². The number of nitrogens with zero attached hydrogens (tertiary/aromatic N) is 1. The van der Waals surface area contributed by atoms with Crippen molar-refractivity contribution in [3.63, 3.8) is 0 Å². The van der Waals surface area contributed by atoms with Crippen molar-refractivity contribution in [3.8, 4) is 17.0 Å². The zero-order valence-corrected chi connectivity index (χ0v) is 16.8. The van der Waals surface area contributed by atoms with E-state index in [-0.39, 0.29) is 0 Å². The second kappa shape index (κ2) is 7.26. The monoisotopic (exact) mass is 397 g/mol. The van der Waals surface area contributed by atoms with Crippen molar-refractivity contribution in [3.05, 3.63) is 132 Å². The minimum atomic E-state index is 0.845. The quantitative estimate of drug-likeness (QED) is 0.321. The fourth-order valence-corrected chi connectivity index (χ4v) is 4.26. The van der Waals surface area contributed by atoms with Gasteiger partial charge in [-0.25, -0.2) is 4.98 Å². The number of ether oxygens (including phenoxy) is 1. The smallest absolute Gasteiger partial charge is 0.143 e. The Bertz CT molecular complexity index is 1420. The number of hydrogen-bond donors (Lipinski definition) is 0. The van der Waals surface area contributed by atoms with E-state index in [1.54, 1.807) is 0 Å². The fraction of sp³-hybridized carbons (Fsp3) is 0. The van der Waals surface area contributed by atoms with Gasteiger partial charge in [0.2, 0.25) is 0 Å². The van der Waals surface area contributed by atoms with Gasteiger partial charge in [-0.2, -0.15) is 0 Å². The van der Waals surface area contributed by atoms with E-state index < -0.39 is 0 Å². The van der Waals surface area contributed by atoms with E-state index in [1.165, 1.54) is 0 Å². The molecule has 0 amide bonds. The third-order valence-electron chi connectivity index (χ3n) is 5.67.